The number of rotatable bonds is 4. The number of nitrogens with zero attached hydrogens (tertiary/aromatic N) is 1. The van der Waals surface area contributed by atoms with Crippen LogP contribution in [0.1, 0.15) is 40.5 Å². The van der Waals surface area contributed by atoms with Gasteiger partial charge in [-0.25, -0.2) is 0 Å². The first kappa shape index (κ1) is 20.5. The van der Waals surface area contributed by atoms with Gasteiger partial charge in [0.05, 0.1) is 0 Å². The second kappa shape index (κ2) is 11.9. The minimum Gasteiger partial charge on any atom is -0.311 e. The molecule has 2 rings (SSSR count). The van der Waals surface area contributed by atoms with Gasteiger partial charge in [0.25, 0.3) is 0 Å². The van der Waals surface area contributed by atoms with E-state index in [1.807, 2.05) is 26.0 Å². The monoisotopic (exact) mass is 333 g/mol. The van der Waals surface area contributed by atoms with Gasteiger partial charge in [0.2, 0.25) is 0 Å². The molecule has 0 fully saturated rings. The second-order valence-corrected chi connectivity index (χ2v) is 5.31. The average Bonchev–Trinajstić information content (AvgIpc) is 2.74. The SMILES string of the molecule is C=C/C1=C(\C=C/C)C\C=C/C=C\C(=C\CC)N1c1ccccc1.CC. The summed E-state index contributed by atoms with van der Waals surface area (Å²) >= 11 is 0. The van der Waals surface area contributed by atoms with Crippen LogP contribution in [0.25, 0.3) is 0 Å². The zero-order valence-corrected chi connectivity index (χ0v) is 16.1. The fourth-order valence-electron chi connectivity index (χ4n) is 2.70. The summed E-state index contributed by atoms with van der Waals surface area (Å²) in [5, 5.41) is 0. The molecule has 0 radical (unpaired) electrons. The normalized spacial score (nSPS) is 21.8. The maximum absolute atomic E-state index is 4.08. The van der Waals surface area contributed by atoms with E-state index in [-0.39, 0.29) is 0 Å². The topological polar surface area (TPSA) is 3.24 Å². The van der Waals surface area contributed by atoms with Gasteiger partial charge in [-0.05, 0) is 49.6 Å². The van der Waals surface area contributed by atoms with E-state index in [1.54, 1.807) is 0 Å². The molecule has 0 bridgehead atoms. The van der Waals surface area contributed by atoms with Gasteiger partial charge in [0.1, 0.15) is 0 Å². The Balaban J connectivity index is 0.00000151. The van der Waals surface area contributed by atoms with E-state index in [2.05, 4.69) is 92.1 Å². The Kier molecular flexibility index (Phi) is 9.77. The molecule has 25 heavy (non-hydrogen) atoms. The third-order valence-electron chi connectivity index (χ3n) is 3.67. The first-order valence-electron chi connectivity index (χ1n) is 9.18. The largest absolute Gasteiger partial charge is 0.311 e. The first-order valence-corrected chi connectivity index (χ1v) is 9.18. The minimum atomic E-state index is 0.888. The van der Waals surface area contributed by atoms with Gasteiger partial charge in [-0.1, -0.05) is 82.0 Å². The van der Waals surface area contributed by atoms with Gasteiger partial charge in [-0.3, -0.25) is 0 Å². The molecule has 0 saturated heterocycles. The summed E-state index contributed by atoms with van der Waals surface area (Å²) in [6.45, 7) is 12.3. The molecule has 0 spiro atoms. The van der Waals surface area contributed by atoms with Crippen molar-refractivity contribution in [3.8, 4) is 0 Å². The third-order valence-corrected chi connectivity index (χ3v) is 3.67. The van der Waals surface area contributed by atoms with E-state index in [0.29, 0.717) is 0 Å². The van der Waals surface area contributed by atoms with E-state index in [9.17, 15) is 0 Å². The molecule has 0 unspecified atom stereocenters. The molecule has 1 aromatic rings. The van der Waals surface area contributed by atoms with Crippen LogP contribution in [0, 0.1) is 0 Å². The van der Waals surface area contributed by atoms with Crippen LogP contribution in [0.4, 0.5) is 5.69 Å². The highest BCUT2D eigenvalue weighted by molar-refractivity contribution is 5.64. The summed E-state index contributed by atoms with van der Waals surface area (Å²) in [7, 11) is 0. The summed E-state index contributed by atoms with van der Waals surface area (Å²) in [4.78, 5) is 2.29. The van der Waals surface area contributed by atoms with Crippen molar-refractivity contribution in [2.24, 2.45) is 0 Å². The molecule has 0 aliphatic carbocycles. The lowest BCUT2D eigenvalue weighted by Crippen LogP contribution is -2.21. The lowest BCUT2D eigenvalue weighted by molar-refractivity contribution is 1.07. The van der Waals surface area contributed by atoms with Gasteiger partial charge in [0, 0.05) is 17.1 Å². The van der Waals surface area contributed by atoms with Crippen molar-refractivity contribution in [3.63, 3.8) is 0 Å². The van der Waals surface area contributed by atoms with Gasteiger partial charge in [0.15, 0.2) is 0 Å². The smallest absolute Gasteiger partial charge is 0.0490 e. The molecule has 1 nitrogen and oxygen atoms in total. The predicted molar refractivity (Wildman–Crippen MR) is 114 cm³/mol. The molecule has 1 aromatic carbocycles. The van der Waals surface area contributed by atoms with Crippen LogP contribution < -0.4 is 4.90 Å². The first-order chi connectivity index (χ1) is 12.3. The molecule has 1 heteroatoms. The number of hydrogen-bond donors (Lipinski definition) is 0. The molecule has 0 aromatic heterocycles. The van der Waals surface area contributed by atoms with Gasteiger partial charge in [-0.2, -0.15) is 0 Å². The molecule has 0 N–H and O–H groups in total. The number of para-hydroxylation sites is 1. The van der Waals surface area contributed by atoms with Crippen LogP contribution in [-0.4, -0.2) is 0 Å². The van der Waals surface area contributed by atoms with Crippen molar-refractivity contribution in [1.29, 1.82) is 0 Å². The van der Waals surface area contributed by atoms with Crippen LogP contribution in [0.15, 0.2) is 102 Å². The van der Waals surface area contributed by atoms with Crippen LogP contribution in [0.2, 0.25) is 0 Å². The van der Waals surface area contributed by atoms with Crippen LogP contribution >= 0.6 is 0 Å². The molecule has 132 valence electrons. The Labute approximate surface area is 154 Å². The van der Waals surface area contributed by atoms with Crippen molar-refractivity contribution in [3.05, 3.63) is 102 Å². The summed E-state index contributed by atoms with van der Waals surface area (Å²) in [5.74, 6) is 0. The Bertz CT molecular complexity index is 669. The Morgan fingerprint density at radius 2 is 1.84 bits per heavy atom. The maximum Gasteiger partial charge on any atom is 0.0490 e. The van der Waals surface area contributed by atoms with Crippen LogP contribution in [0.5, 0.6) is 0 Å². The number of anilines is 1. The van der Waals surface area contributed by atoms with Crippen molar-refractivity contribution < 1.29 is 0 Å². The summed E-state index contributed by atoms with van der Waals surface area (Å²) in [5.41, 5.74) is 4.70. The number of allylic oxidation sites excluding steroid dienone is 9. The molecule has 1 aliphatic rings. The fourth-order valence-corrected chi connectivity index (χ4v) is 2.70. The molecular formula is C24H31N. The summed E-state index contributed by atoms with van der Waals surface area (Å²) < 4.78 is 0. The highest BCUT2D eigenvalue weighted by Crippen LogP contribution is 2.30. The van der Waals surface area contributed by atoms with E-state index >= 15 is 0 Å². The van der Waals surface area contributed by atoms with Gasteiger partial charge in [-0.15, -0.1) is 0 Å². The zero-order chi connectivity index (χ0) is 18.5. The van der Waals surface area contributed by atoms with E-state index < -0.39 is 0 Å². The highest BCUT2D eigenvalue weighted by Gasteiger charge is 2.16. The molecule has 1 aliphatic heterocycles. The van der Waals surface area contributed by atoms with Crippen molar-refractivity contribution in [1.82, 2.24) is 0 Å². The number of benzene rings is 1. The lowest BCUT2D eigenvalue weighted by atomic mass is 10.1. The predicted octanol–water partition coefficient (Wildman–Crippen LogP) is 7.35. The van der Waals surface area contributed by atoms with Crippen LogP contribution in [0.3, 0.4) is 0 Å². The van der Waals surface area contributed by atoms with Gasteiger partial charge < -0.3 is 4.90 Å². The molecule has 0 atom stereocenters. The van der Waals surface area contributed by atoms with E-state index in [0.717, 1.165) is 24.2 Å². The summed E-state index contributed by atoms with van der Waals surface area (Å²) in [6.07, 6.45) is 18.9. The van der Waals surface area contributed by atoms with E-state index in [1.165, 1.54) is 11.3 Å². The minimum absolute atomic E-state index is 0.888. The Morgan fingerprint density at radius 1 is 1.12 bits per heavy atom. The Morgan fingerprint density at radius 3 is 2.44 bits per heavy atom. The lowest BCUT2D eigenvalue weighted by Gasteiger charge is -2.29. The standard InChI is InChI=1S/C22H25N.C2H6/c1-4-13-19-15-9-7-10-16-20(14-5-2)23(22(19)6-3)21-17-11-8-12-18-21;1-2/h4,6-14,16-18H,3,5,15H2,1-2H3;1-2H3/b9-7-,13-4-,16-10-,20-14-,22-19-;. The van der Waals surface area contributed by atoms with Crippen molar-refractivity contribution in [2.75, 3.05) is 4.90 Å². The molecular weight excluding hydrogens is 302 g/mol. The average molecular weight is 334 g/mol. The van der Waals surface area contributed by atoms with Crippen molar-refractivity contribution >= 4 is 5.69 Å². The van der Waals surface area contributed by atoms with Crippen LogP contribution in [-0.2, 0) is 0 Å². The Hall–Kier alpha value is -2.54. The second-order valence-electron chi connectivity index (χ2n) is 5.31. The highest BCUT2D eigenvalue weighted by atomic mass is 15.2. The quantitative estimate of drug-likeness (QED) is 0.557. The van der Waals surface area contributed by atoms with E-state index in [4.69, 9.17) is 0 Å². The van der Waals surface area contributed by atoms with Gasteiger partial charge >= 0.3 is 0 Å². The fraction of sp³-hybridized carbons (Fsp3) is 0.250. The number of hydrogen-bond acceptors (Lipinski definition) is 1. The molecule has 1 heterocycles. The molecule has 0 amide bonds. The van der Waals surface area contributed by atoms with Crippen molar-refractivity contribution in [2.45, 2.75) is 40.5 Å². The maximum atomic E-state index is 4.08. The third kappa shape index (κ3) is 5.79. The summed E-state index contributed by atoms with van der Waals surface area (Å²) in [6, 6.07) is 10.5. The zero-order valence-electron chi connectivity index (χ0n) is 16.1. The molecule has 0 saturated carbocycles.